The van der Waals surface area contributed by atoms with Gasteiger partial charge in [0, 0.05) is 19.4 Å². The van der Waals surface area contributed by atoms with Gasteiger partial charge in [-0.05, 0) is 30.7 Å². The molecule has 0 aliphatic heterocycles. The maximum Gasteiger partial charge on any atom is 0.238 e. The third kappa shape index (κ3) is 3.12. The number of sulfonamides is 1. The molecule has 1 aromatic carbocycles. The molecule has 0 aliphatic rings. The molecule has 7 heteroatoms. The number of ether oxygens (including phenoxy) is 1. The van der Waals surface area contributed by atoms with Gasteiger partial charge < -0.3 is 9.30 Å². The molecule has 2 N–H and O–H groups in total. The van der Waals surface area contributed by atoms with Gasteiger partial charge in [-0.15, -0.1) is 0 Å². The molecule has 0 amide bonds. The lowest BCUT2D eigenvalue weighted by atomic mass is 10.2. The van der Waals surface area contributed by atoms with Crippen LogP contribution in [0.3, 0.4) is 0 Å². The number of aryl methyl sites for hydroxylation is 2. The van der Waals surface area contributed by atoms with Gasteiger partial charge in [-0.2, -0.15) is 0 Å². The van der Waals surface area contributed by atoms with Crippen LogP contribution in [-0.4, -0.2) is 18.0 Å². The fraction of sp³-hybridized carbons (Fsp3) is 0.250. The van der Waals surface area contributed by atoms with Gasteiger partial charge in [0.1, 0.15) is 18.2 Å². The highest BCUT2D eigenvalue weighted by Gasteiger charge is 2.10. The van der Waals surface area contributed by atoms with Gasteiger partial charge in [0.2, 0.25) is 10.0 Å². The Bertz CT molecular complexity index is 692. The molecule has 6 nitrogen and oxygen atoms in total. The highest BCUT2D eigenvalue weighted by Crippen LogP contribution is 2.21. The standard InChI is InChI=1S/C12H15N3O3S/c1-9-7-10(19(13,16)17)3-4-11(9)18-8-12-14-5-6-15(12)2/h3-7H,8H2,1-2H3,(H2,13,16,17). The number of hydrogen-bond donors (Lipinski definition) is 1. The van der Waals surface area contributed by atoms with Gasteiger partial charge in [-0.3, -0.25) is 0 Å². The molecule has 0 saturated carbocycles. The van der Waals surface area contributed by atoms with Crippen molar-refractivity contribution in [1.82, 2.24) is 9.55 Å². The van der Waals surface area contributed by atoms with Crippen molar-refractivity contribution in [2.24, 2.45) is 12.2 Å². The van der Waals surface area contributed by atoms with Crippen LogP contribution in [0.25, 0.3) is 0 Å². The molecule has 19 heavy (non-hydrogen) atoms. The van der Waals surface area contributed by atoms with Gasteiger partial charge in [0.05, 0.1) is 4.90 Å². The minimum atomic E-state index is -3.68. The van der Waals surface area contributed by atoms with Crippen LogP contribution in [-0.2, 0) is 23.7 Å². The molecule has 102 valence electrons. The Labute approximate surface area is 111 Å². The zero-order valence-electron chi connectivity index (χ0n) is 10.7. The van der Waals surface area contributed by atoms with E-state index >= 15 is 0 Å². The van der Waals surface area contributed by atoms with E-state index < -0.39 is 10.0 Å². The molecule has 0 fully saturated rings. The molecule has 0 spiro atoms. The first kappa shape index (κ1) is 13.6. The second-order valence-electron chi connectivity index (χ2n) is 4.22. The summed E-state index contributed by atoms with van der Waals surface area (Å²) in [7, 11) is -1.80. The fourth-order valence-corrected chi connectivity index (χ4v) is 2.24. The van der Waals surface area contributed by atoms with E-state index in [-0.39, 0.29) is 4.90 Å². The van der Waals surface area contributed by atoms with Gasteiger partial charge in [0.25, 0.3) is 0 Å². The summed E-state index contributed by atoms with van der Waals surface area (Å²) in [6.07, 6.45) is 3.52. The number of primary sulfonamides is 1. The number of nitrogens with zero attached hydrogens (tertiary/aromatic N) is 2. The maximum absolute atomic E-state index is 11.2. The summed E-state index contributed by atoms with van der Waals surface area (Å²) in [5.74, 6) is 1.39. The number of imidazole rings is 1. The van der Waals surface area contributed by atoms with Gasteiger partial charge in [-0.1, -0.05) is 0 Å². The van der Waals surface area contributed by atoms with E-state index in [0.29, 0.717) is 17.9 Å². The minimum absolute atomic E-state index is 0.0781. The smallest absolute Gasteiger partial charge is 0.238 e. The first-order valence-corrected chi connectivity index (χ1v) is 7.15. The number of benzene rings is 1. The summed E-state index contributed by atoms with van der Waals surface area (Å²) in [4.78, 5) is 4.22. The van der Waals surface area contributed by atoms with Crippen LogP contribution in [0, 0.1) is 6.92 Å². The Morgan fingerprint density at radius 1 is 1.42 bits per heavy atom. The van der Waals surface area contributed by atoms with E-state index in [1.165, 1.54) is 12.1 Å². The molecular formula is C12H15N3O3S. The van der Waals surface area contributed by atoms with Gasteiger partial charge in [-0.25, -0.2) is 18.5 Å². The lowest BCUT2D eigenvalue weighted by molar-refractivity contribution is 0.289. The van der Waals surface area contributed by atoms with Gasteiger partial charge in [0.15, 0.2) is 0 Å². The minimum Gasteiger partial charge on any atom is -0.485 e. The van der Waals surface area contributed by atoms with Crippen LogP contribution in [0.4, 0.5) is 0 Å². The second-order valence-corrected chi connectivity index (χ2v) is 5.78. The molecular weight excluding hydrogens is 266 g/mol. The molecule has 0 saturated heterocycles. The topological polar surface area (TPSA) is 87.2 Å². The molecule has 0 atom stereocenters. The first-order chi connectivity index (χ1) is 8.88. The van der Waals surface area contributed by atoms with Crippen LogP contribution >= 0.6 is 0 Å². The average molecular weight is 281 g/mol. The summed E-state index contributed by atoms with van der Waals surface area (Å²) < 4.78 is 29.9. The number of rotatable bonds is 4. The van der Waals surface area contributed by atoms with Crippen LogP contribution in [0.15, 0.2) is 35.5 Å². The van der Waals surface area contributed by atoms with Gasteiger partial charge >= 0.3 is 0 Å². The number of hydrogen-bond acceptors (Lipinski definition) is 4. The summed E-state index contributed by atoms with van der Waals surface area (Å²) in [6.45, 7) is 2.08. The second kappa shape index (κ2) is 5.02. The SMILES string of the molecule is Cc1cc(S(N)(=O)=O)ccc1OCc1nccn1C. The number of aromatic nitrogens is 2. The number of nitrogens with two attached hydrogens (primary N) is 1. The van der Waals surface area contributed by atoms with E-state index in [1.807, 2.05) is 17.8 Å². The lowest BCUT2D eigenvalue weighted by Gasteiger charge is -2.10. The summed E-state index contributed by atoms with van der Waals surface area (Å²) in [6, 6.07) is 4.51. The first-order valence-electron chi connectivity index (χ1n) is 5.60. The van der Waals surface area contributed by atoms with Crippen LogP contribution in [0.5, 0.6) is 5.75 Å². The monoisotopic (exact) mass is 281 g/mol. The maximum atomic E-state index is 11.2. The third-order valence-corrected chi connectivity index (χ3v) is 3.66. The molecule has 0 aliphatic carbocycles. The van der Waals surface area contributed by atoms with Crippen molar-refractivity contribution in [1.29, 1.82) is 0 Å². The molecule has 0 bridgehead atoms. The molecule has 2 aromatic rings. The Kier molecular flexibility index (Phi) is 3.59. The summed E-state index contributed by atoms with van der Waals surface area (Å²) in [5.41, 5.74) is 0.709. The quantitative estimate of drug-likeness (QED) is 0.904. The van der Waals surface area contributed by atoms with Crippen molar-refractivity contribution >= 4 is 10.0 Å². The summed E-state index contributed by atoms with van der Waals surface area (Å²) >= 11 is 0. The highest BCUT2D eigenvalue weighted by atomic mass is 32.2. The summed E-state index contributed by atoms with van der Waals surface area (Å²) in [5, 5.41) is 5.06. The van der Waals surface area contributed by atoms with E-state index in [2.05, 4.69) is 4.98 Å². The van der Waals surface area contributed by atoms with Crippen molar-refractivity contribution in [2.45, 2.75) is 18.4 Å². The Balaban J connectivity index is 2.16. The average Bonchev–Trinajstić information content (AvgIpc) is 2.72. The molecule has 2 rings (SSSR count). The third-order valence-electron chi connectivity index (χ3n) is 2.75. The Morgan fingerprint density at radius 3 is 2.68 bits per heavy atom. The van der Waals surface area contributed by atoms with Crippen LogP contribution in [0.1, 0.15) is 11.4 Å². The largest absolute Gasteiger partial charge is 0.485 e. The molecule has 0 radical (unpaired) electrons. The zero-order chi connectivity index (χ0) is 14.0. The zero-order valence-corrected chi connectivity index (χ0v) is 11.5. The fourth-order valence-electron chi connectivity index (χ4n) is 1.64. The van der Waals surface area contributed by atoms with Crippen molar-refractivity contribution < 1.29 is 13.2 Å². The Hall–Kier alpha value is -1.86. The van der Waals surface area contributed by atoms with E-state index in [1.54, 1.807) is 19.2 Å². The van der Waals surface area contributed by atoms with E-state index in [0.717, 1.165) is 5.82 Å². The van der Waals surface area contributed by atoms with Crippen molar-refractivity contribution in [3.8, 4) is 5.75 Å². The van der Waals surface area contributed by atoms with Crippen molar-refractivity contribution in [3.63, 3.8) is 0 Å². The molecule has 1 aromatic heterocycles. The normalized spacial score (nSPS) is 11.5. The predicted molar refractivity (Wildman–Crippen MR) is 70.1 cm³/mol. The molecule has 1 heterocycles. The van der Waals surface area contributed by atoms with Crippen molar-refractivity contribution in [3.05, 3.63) is 42.0 Å². The van der Waals surface area contributed by atoms with E-state index in [9.17, 15) is 8.42 Å². The predicted octanol–water partition coefficient (Wildman–Crippen LogP) is 0.955. The molecule has 0 unspecified atom stereocenters. The van der Waals surface area contributed by atoms with Crippen LogP contribution < -0.4 is 9.88 Å². The lowest BCUT2D eigenvalue weighted by Crippen LogP contribution is -2.12. The van der Waals surface area contributed by atoms with E-state index in [4.69, 9.17) is 9.88 Å². The van der Waals surface area contributed by atoms with Crippen LogP contribution in [0.2, 0.25) is 0 Å². The highest BCUT2D eigenvalue weighted by molar-refractivity contribution is 7.89. The van der Waals surface area contributed by atoms with Crippen molar-refractivity contribution in [2.75, 3.05) is 0 Å². The Morgan fingerprint density at radius 2 is 2.16 bits per heavy atom.